The number of unbranched alkanes of at least 4 members (excludes halogenated alkanes) is 1. The van der Waals surface area contributed by atoms with Crippen molar-refractivity contribution in [1.82, 2.24) is 19.1 Å². The molecule has 0 aliphatic heterocycles. The molecular weight excluding hydrogens is 434 g/mol. The number of H-pyrrole nitrogens is 1. The summed E-state index contributed by atoms with van der Waals surface area (Å²) >= 11 is 0. The van der Waals surface area contributed by atoms with Crippen molar-refractivity contribution in [3.63, 3.8) is 0 Å². The van der Waals surface area contributed by atoms with E-state index >= 15 is 0 Å². The van der Waals surface area contributed by atoms with Crippen LogP contribution in [0, 0.1) is 5.92 Å². The van der Waals surface area contributed by atoms with E-state index in [1.165, 1.54) is 4.57 Å². The summed E-state index contributed by atoms with van der Waals surface area (Å²) in [6.45, 7) is 7.26. The molecule has 0 saturated carbocycles. The number of aryl methyl sites for hydroxylation is 2. The van der Waals surface area contributed by atoms with Gasteiger partial charge in [-0.15, -0.1) is 0 Å². The zero-order valence-electron chi connectivity index (χ0n) is 20.6. The van der Waals surface area contributed by atoms with Crippen LogP contribution >= 0.6 is 0 Å². The molecule has 3 N–H and O–H groups in total. The van der Waals surface area contributed by atoms with E-state index in [2.05, 4.69) is 36.1 Å². The topological polar surface area (TPSA) is 114 Å². The first-order chi connectivity index (χ1) is 16.4. The maximum Gasteiger partial charge on any atom is 0.329 e. The highest BCUT2D eigenvalue weighted by Crippen LogP contribution is 2.19. The molecule has 0 unspecified atom stereocenters. The predicted molar refractivity (Wildman–Crippen MR) is 135 cm³/mol. The maximum absolute atomic E-state index is 12.7. The molecule has 3 aromatic rings. The van der Waals surface area contributed by atoms with Crippen molar-refractivity contribution >= 4 is 17.1 Å². The van der Waals surface area contributed by atoms with E-state index in [1.807, 2.05) is 24.3 Å². The Morgan fingerprint density at radius 3 is 2.74 bits per heavy atom. The van der Waals surface area contributed by atoms with Gasteiger partial charge in [-0.05, 0) is 36.5 Å². The first-order valence-corrected chi connectivity index (χ1v) is 12.2. The quantitative estimate of drug-likeness (QED) is 0.353. The van der Waals surface area contributed by atoms with Crippen molar-refractivity contribution in [2.75, 3.05) is 18.5 Å². The summed E-state index contributed by atoms with van der Waals surface area (Å²) in [6, 6.07) is 7.76. The van der Waals surface area contributed by atoms with Crippen molar-refractivity contribution in [2.45, 2.75) is 65.5 Å². The molecule has 9 heteroatoms. The Morgan fingerprint density at radius 2 is 2.03 bits per heavy atom. The number of hydrogen-bond acceptors (Lipinski definition) is 6. The minimum Gasteiger partial charge on any atom is -0.491 e. The molecule has 0 aliphatic rings. The van der Waals surface area contributed by atoms with Crippen molar-refractivity contribution in [3.8, 4) is 5.75 Å². The first-order valence-electron chi connectivity index (χ1n) is 12.2. The van der Waals surface area contributed by atoms with Crippen LogP contribution in [0.25, 0.3) is 11.2 Å². The molecule has 1 aromatic carbocycles. The van der Waals surface area contributed by atoms with E-state index in [-0.39, 0.29) is 24.3 Å². The lowest BCUT2D eigenvalue weighted by Gasteiger charge is -2.18. The van der Waals surface area contributed by atoms with E-state index in [9.17, 15) is 14.7 Å². The highest BCUT2D eigenvalue weighted by Gasteiger charge is 2.20. The molecule has 2 heterocycles. The second-order valence-electron chi connectivity index (χ2n) is 8.80. The fourth-order valence-corrected chi connectivity index (χ4v) is 4.04. The largest absolute Gasteiger partial charge is 0.491 e. The summed E-state index contributed by atoms with van der Waals surface area (Å²) in [7, 11) is 1.57. The highest BCUT2D eigenvalue weighted by atomic mass is 16.5. The number of nitrogens with one attached hydrogen (secondary N) is 2. The van der Waals surface area contributed by atoms with Gasteiger partial charge in [-0.25, -0.2) is 4.79 Å². The van der Waals surface area contributed by atoms with Gasteiger partial charge >= 0.3 is 5.69 Å². The van der Waals surface area contributed by atoms with Crippen molar-refractivity contribution in [1.29, 1.82) is 0 Å². The molecule has 0 bridgehead atoms. The van der Waals surface area contributed by atoms with Gasteiger partial charge < -0.3 is 19.7 Å². The number of aliphatic hydroxyl groups excluding tert-OH is 1. The number of aromatic amines is 1. The second kappa shape index (κ2) is 11.9. The summed E-state index contributed by atoms with van der Waals surface area (Å²) in [5.74, 6) is 1.62. The van der Waals surface area contributed by atoms with Crippen LogP contribution < -0.4 is 21.3 Å². The molecule has 0 saturated heterocycles. The Kier molecular flexibility index (Phi) is 8.92. The van der Waals surface area contributed by atoms with Crippen LogP contribution in [0.5, 0.6) is 5.75 Å². The van der Waals surface area contributed by atoms with E-state index in [0.29, 0.717) is 24.2 Å². The van der Waals surface area contributed by atoms with E-state index in [1.54, 1.807) is 11.6 Å². The van der Waals surface area contributed by atoms with Crippen LogP contribution in [-0.4, -0.2) is 43.5 Å². The average molecular weight is 472 g/mol. The number of aliphatic hydroxyl groups is 1. The molecule has 3 rings (SSSR count). The van der Waals surface area contributed by atoms with E-state index in [4.69, 9.17) is 4.74 Å². The molecule has 2 aromatic heterocycles. The number of nitrogens with zero attached hydrogens (tertiary/aromatic N) is 3. The van der Waals surface area contributed by atoms with Gasteiger partial charge in [-0.2, -0.15) is 4.98 Å². The third-order valence-electron chi connectivity index (χ3n) is 6.24. The minimum absolute atomic E-state index is 0.0596. The van der Waals surface area contributed by atoms with Gasteiger partial charge in [0.2, 0.25) is 5.95 Å². The van der Waals surface area contributed by atoms with Crippen molar-refractivity contribution in [2.24, 2.45) is 13.0 Å². The van der Waals surface area contributed by atoms with Crippen LogP contribution in [0.4, 0.5) is 5.95 Å². The zero-order valence-corrected chi connectivity index (χ0v) is 20.6. The Labute approximate surface area is 199 Å². The Balaban J connectivity index is 1.84. The average Bonchev–Trinajstić information content (AvgIpc) is 3.20. The monoisotopic (exact) mass is 471 g/mol. The summed E-state index contributed by atoms with van der Waals surface area (Å²) in [5, 5.41) is 14.1. The summed E-state index contributed by atoms with van der Waals surface area (Å²) in [6.07, 6.45) is 4.43. The maximum atomic E-state index is 12.7. The Hall–Kier alpha value is -3.07. The normalized spacial score (nSPS) is 13.2. The Bertz CT molecular complexity index is 1200. The summed E-state index contributed by atoms with van der Waals surface area (Å²) in [4.78, 5) is 31.7. The van der Waals surface area contributed by atoms with Crippen molar-refractivity contribution in [3.05, 3.63) is 50.7 Å². The summed E-state index contributed by atoms with van der Waals surface area (Å²) in [5.41, 5.74) is 0.628. The minimum atomic E-state index is -0.887. The molecule has 0 spiro atoms. The molecule has 186 valence electrons. The smallest absolute Gasteiger partial charge is 0.329 e. The van der Waals surface area contributed by atoms with Gasteiger partial charge in [0.25, 0.3) is 5.56 Å². The van der Waals surface area contributed by atoms with Crippen LogP contribution in [0.1, 0.15) is 52.0 Å². The van der Waals surface area contributed by atoms with Crippen molar-refractivity contribution < 1.29 is 9.84 Å². The van der Waals surface area contributed by atoms with Gasteiger partial charge in [0.1, 0.15) is 18.5 Å². The molecule has 0 aliphatic carbocycles. The second-order valence-corrected chi connectivity index (χ2v) is 8.80. The lowest BCUT2D eigenvalue weighted by Crippen LogP contribution is -2.31. The zero-order chi connectivity index (χ0) is 24.7. The predicted octanol–water partition coefficient (Wildman–Crippen LogP) is 3.05. The number of benzene rings is 1. The summed E-state index contributed by atoms with van der Waals surface area (Å²) < 4.78 is 8.76. The first kappa shape index (κ1) is 25.6. The van der Waals surface area contributed by atoms with Gasteiger partial charge in [0.15, 0.2) is 11.2 Å². The lowest BCUT2D eigenvalue weighted by atomic mass is 9.99. The van der Waals surface area contributed by atoms with E-state index < -0.39 is 17.4 Å². The molecule has 0 fully saturated rings. The SMILES string of the molecule is CCCC[C@H](CC)CNc1nc2c(c(=O)[nH]c(=O)n2C)n1C[C@@H](O)COc1cccc(CC)c1. The standard InChI is InChI=1S/C25H37N5O4/c1-5-8-10-18(7-3)14-26-24-27-22-21(23(32)28-25(33)29(22)4)30(24)15-19(31)16-34-20-12-9-11-17(6-2)13-20/h9,11-13,18-19,31H,5-8,10,14-16H2,1-4H3,(H,26,27)(H,28,32,33)/t18-,19+/m0/s1. The highest BCUT2D eigenvalue weighted by molar-refractivity contribution is 5.74. The Morgan fingerprint density at radius 1 is 1.24 bits per heavy atom. The molecule has 2 atom stereocenters. The number of anilines is 1. The van der Waals surface area contributed by atoms with Gasteiger partial charge in [0, 0.05) is 13.6 Å². The molecule has 9 nitrogen and oxygen atoms in total. The van der Waals surface area contributed by atoms with Crippen LogP contribution in [0.2, 0.25) is 0 Å². The number of hydrogen-bond donors (Lipinski definition) is 3. The molecule has 0 amide bonds. The van der Waals surface area contributed by atoms with Gasteiger partial charge in [0.05, 0.1) is 6.54 Å². The molecule has 34 heavy (non-hydrogen) atoms. The fourth-order valence-electron chi connectivity index (χ4n) is 4.04. The van der Waals surface area contributed by atoms with E-state index in [0.717, 1.165) is 37.7 Å². The van der Waals surface area contributed by atoms with Crippen LogP contribution in [-0.2, 0) is 20.0 Å². The lowest BCUT2D eigenvalue weighted by molar-refractivity contribution is 0.0938. The van der Waals surface area contributed by atoms with Gasteiger partial charge in [-0.1, -0.05) is 52.2 Å². The number of rotatable bonds is 13. The number of imidazole rings is 1. The van der Waals surface area contributed by atoms with Gasteiger partial charge in [-0.3, -0.25) is 14.3 Å². The molecular formula is C25H37N5O4. The number of aromatic nitrogens is 4. The number of fused-ring (bicyclic) bond motifs is 1. The molecule has 0 radical (unpaired) electrons. The third kappa shape index (κ3) is 6.08. The van der Waals surface area contributed by atoms with Crippen LogP contribution in [0.3, 0.4) is 0 Å². The fraction of sp³-hybridized carbons (Fsp3) is 0.560. The van der Waals surface area contributed by atoms with Crippen LogP contribution in [0.15, 0.2) is 33.9 Å². The third-order valence-corrected chi connectivity index (χ3v) is 6.24. The number of ether oxygens (including phenoxy) is 1.